The van der Waals surface area contributed by atoms with E-state index < -0.39 is 0 Å². The predicted octanol–water partition coefficient (Wildman–Crippen LogP) is 2.14. The highest BCUT2D eigenvalue weighted by Gasteiger charge is 2.34. The van der Waals surface area contributed by atoms with Gasteiger partial charge in [0.05, 0.1) is 5.41 Å². The fourth-order valence-corrected chi connectivity index (χ4v) is 1.98. The van der Waals surface area contributed by atoms with Crippen LogP contribution in [0.1, 0.15) is 11.1 Å². The second kappa shape index (κ2) is 2.71. The van der Waals surface area contributed by atoms with E-state index in [1.807, 2.05) is 0 Å². The zero-order valence-corrected chi connectivity index (χ0v) is 7.73. The van der Waals surface area contributed by atoms with E-state index in [-0.39, 0.29) is 5.41 Å². The van der Waals surface area contributed by atoms with Crippen molar-refractivity contribution in [3.8, 4) is 0 Å². The highest BCUT2D eigenvalue weighted by molar-refractivity contribution is 5.75. The first-order valence-electron chi connectivity index (χ1n) is 4.74. The molecule has 1 atom stereocenters. The van der Waals surface area contributed by atoms with Crippen LogP contribution in [0.4, 0.5) is 0 Å². The zero-order chi connectivity index (χ0) is 9.43. The van der Waals surface area contributed by atoms with Crippen molar-refractivity contribution >= 4 is 12.3 Å². The van der Waals surface area contributed by atoms with Crippen LogP contribution in [-0.4, -0.2) is 12.8 Å². The van der Waals surface area contributed by atoms with Gasteiger partial charge in [0.15, 0.2) is 0 Å². The van der Waals surface area contributed by atoms with Gasteiger partial charge < -0.3 is 4.84 Å². The summed E-state index contributed by atoms with van der Waals surface area (Å²) in [6.07, 6.45) is 8.26. The molecule has 0 amide bonds. The minimum Gasteiger partial charge on any atom is -0.394 e. The Morgan fingerprint density at radius 1 is 1.36 bits per heavy atom. The quantitative estimate of drug-likeness (QED) is 0.605. The predicted molar refractivity (Wildman–Crippen MR) is 55.0 cm³/mol. The van der Waals surface area contributed by atoms with Crippen LogP contribution in [0.3, 0.4) is 0 Å². The van der Waals surface area contributed by atoms with E-state index in [1.54, 1.807) is 0 Å². The van der Waals surface area contributed by atoms with Gasteiger partial charge in [0.1, 0.15) is 12.8 Å². The Balaban J connectivity index is 2.04. The normalized spacial score (nSPS) is 27.7. The van der Waals surface area contributed by atoms with E-state index >= 15 is 0 Å². The van der Waals surface area contributed by atoms with Gasteiger partial charge >= 0.3 is 0 Å². The van der Waals surface area contributed by atoms with Crippen LogP contribution in [0, 0.1) is 5.41 Å². The van der Waals surface area contributed by atoms with Crippen LogP contribution in [0.15, 0.2) is 35.5 Å². The molecule has 1 radical (unpaired) electrons. The number of rotatable bonds is 0. The molecule has 2 heteroatoms. The summed E-state index contributed by atoms with van der Waals surface area (Å²) < 4.78 is 0. The second-order valence-electron chi connectivity index (χ2n) is 3.84. The Morgan fingerprint density at radius 2 is 2.29 bits per heavy atom. The summed E-state index contributed by atoms with van der Waals surface area (Å²) >= 11 is 0. The van der Waals surface area contributed by atoms with Gasteiger partial charge in [-0.15, -0.1) is 0 Å². The molecule has 0 aromatic heterocycles. The first kappa shape index (κ1) is 7.80. The monoisotopic (exact) mass is 184 g/mol. The fraction of sp³-hybridized carbons (Fsp3) is 0.250. The van der Waals surface area contributed by atoms with Crippen LogP contribution < -0.4 is 0 Å². The molecule has 0 fully saturated rings. The average molecular weight is 184 g/mol. The first-order chi connectivity index (χ1) is 6.88. The van der Waals surface area contributed by atoms with Gasteiger partial charge in [-0.05, 0) is 17.5 Å². The smallest absolute Gasteiger partial charge is 0.132 e. The average Bonchev–Trinajstić information content (AvgIpc) is 2.66. The Hall–Kier alpha value is -1.57. The maximum Gasteiger partial charge on any atom is 0.132 e. The summed E-state index contributed by atoms with van der Waals surface area (Å²) in [7, 11) is 0. The lowest BCUT2D eigenvalue weighted by atomic mass is 9.78. The molecule has 2 aliphatic rings. The molecule has 0 saturated heterocycles. The lowest BCUT2D eigenvalue weighted by Crippen LogP contribution is -2.26. The molecular formula is C12H10NO. The first-order valence-corrected chi connectivity index (χ1v) is 4.74. The molecule has 2 nitrogen and oxygen atoms in total. The third-order valence-corrected chi connectivity index (χ3v) is 2.80. The SMILES string of the molecule is [C]1=NOCC12C=Cc1ccccc1C2. The van der Waals surface area contributed by atoms with Crippen LogP contribution in [-0.2, 0) is 11.3 Å². The summed E-state index contributed by atoms with van der Waals surface area (Å²) in [5, 5.41) is 3.73. The van der Waals surface area contributed by atoms with Crippen molar-refractivity contribution in [1.29, 1.82) is 0 Å². The van der Waals surface area contributed by atoms with Crippen molar-refractivity contribution in [1.82, 2.24) is 0 Å². The van der Waals surface area contributed by atoms with Crippen molar-refractivity contribution in [2.45, 2.75) is 6.42 Å². The third-order valence-electron chi connectivity index (χ3n) is 2.80. The summed E-state index contributed by atoms with van der Waals surface area (Å²) in [4.78, 5) is 5.02. The van der Waals surface area contributed by atoms with Crippen molar-refractivity contribution < 1.29 is 4.84 Å². The van der Waals surface area contributed by atoms with Gasteiger partial charge in [0.25, 0.3) is 0 Å². The minimum atomic E-state index is -0.103. The molecule has 1 aliphatic heterocycles. The number of nitrogens with zero attached hydrogens (tertiary/aromatic N) is 1. The van der Waals surface area contributed by atoms with E-state index in [4.69, 9.17) is 4.84 Å². The molecule has 0 saturated carbocycles. The van der Waals surface area contributed by atoms with Crippen LogP contribution >= 0.6 is 0 Å². The largest absolute Gasteiger partial charge is 0.394 e. The molecule has 14 heavy (non-hydrogen) atoms. The third kappa shape index (κ3) is 1.07. The number of hydrogen-bond acceptors (Lipinski definition) is 2. The molecule has 1 heterocycles. The van der Waals surface area contributed by atoms with E-state index in [2.05, 4.69) is 47.8 Å². The fourth-order valence-electron chi connectivity index (χ4n) is 1.98. The molecule has 1 aliphatic carbocycles. The zero-order valence-electron chi connectivity index (χ0n) is 7.73. The molecule has 0 bridgehead atoms. The lowest BCUT2D eigenvalue weighted by molar-refractivity contribution is 0.135. The highest BCUT2D eigenvalue weighted by Crippen LogP contribution is 2.33. The molecule has 1 unspecified atom stereocenters. The van der Waals surface area contributed by atoms with Crippen LogP contribution in [0.25, 0.3) is 6.08 Å². The molecule has 1 aromatic rings. The Bertz CT molecular complexity index is 422. The molecule has 1 spiro atoms. The maximum atomic E-state index is 5.02. The van der Waals surface area contributed by atoms with Gasteiger partial charge in [-0.2, -0.15) is 0 Å². The standard InChI is InChI=1S/C12H10NO/c1-2-4-11-7-12(8-13-14-9-12)6-5-10(11)3-1/h1-6H,7,9H2. The second-order valence-corrected chi connectivity index (χ2v) is 3.84. The summed E-state index contributed by atoms with van der Waals surface area (Å²) in [6.45, 7) is 0.623. The number of fused-ring (bicyclic) bond motifs is 1. The van der Waals surface area contributed by atoms with E-state index in [0.29, 0.717) is 6.61 Å². The van der Waals surface area contributed by atoms with Gasteiger partial charge in [-0.3, -0.25) is 0 Å². The van der Waals surface area contributed by atoms with E-state index in [1.165, 1.54) is 11.1 Å². The summed E-state index contributed by atoms with van der Waals surface area (Å²) in [6, 6.07) is 8.41. The Kier molecular flexibility index (Phi) is 1.51. The molecule has 69 valence electrons. The van der Waals surface area contributed by atoms with Crippen LogP contribution in [0.2, 0.25) is 0 Å². The van der Waals surface area contributed by atoms with Crippen molar-refractivity contribution in [2.24, 2.45) is 10.6 Å². The van der Waals surface area contributed by atoms with Gasteiger partial charge in [-0.1, -0.05) is 41.6 Å². The number of hydrogen-bond donors (Lipinski definition) is 0. The Labute approximate surface area is 82.9 Å². The number of benzene rings is 1. The van der Waals surface area contributed by atoms with Crippen molar-refractivity contribution in [2.75, 3.05) is 6.61 Å². The van der Waals surface area contributed by atoms with Gasteiger partial charge in [0, 0.05) is 0 Å². The molecular weight excluding hydrogens is 174 g/mol. The molecule has 3 rings (SSSR count). The minimum absolute atomic E-state index is 0.103. The topological polar surface area (TPSA) is 21.6 Å². The van der Waals surface area contributed by atoms with Gasteiger partial charge in [-0.25, -0.2) is 0 Å². The lowest BCUT2D eigenvalue weighted by Gasteiger charge is -2.24. The Morgan fingerprint density at radius 3 is 3.14 bits per heavy atom. The summed E-state index contributed by atoms with van der Waals surface area (Å²) in [5.74, 6) is 0. The molecule has 1 aromatic carbocycles. The van der Waals surface area contributed by atoms with E-state index in [9.17, 15) is 0 Å². The maximum absolute atomic E-state index is 5.02. The van der Waals surface area contributed by atoms with Crippen molar-refractivity contribution in [3.05, 3.63) is 41.5 Å². The van der Waals surface area contributed by atoms with E-state index in [0.717, 1.165) is 6.42 Å². The van der Waals surface area contributed by atoms with Crippen LogP contribution in [0.5, 0.6) is 0 Å². The van der Waals surface area contributed by atoms with Gasteiger partial charge in [0.2, 0.25) is 0 Å². The molecule has 0 N–H and O–H groups in total. The van der Waals surface area contributed by atoms with Crippen molar-refractivity contribution in [3.63, 3.8) is 0 Å². The highest BCUT2D eigenvalue weighted by atomic mass is 16.6. The summed E-state index contributed by atoms with van der Waals surface area (Å²) in [5.41, 5.74) is 2.55.